The van der Waals surface area contributed by atoms with Crippen LogP contribution >= 0.6 is 0 Å². The Bertz CT molecular complexity index is 989. The number of nitrogens with one attached hydrogen (secondary N) is 2. The highest BCUT2D eigenvalue weighted by Gasteiger charge is 2.11. The summed E-state index contributed by atoms with van der Waals surface area (Å²) in [6.07, 6.45) is 1.73. The first-order valence-electron chi connectivity index (χ1n) is 7.29. The van der Waals surface area contributed by atoms with Gasteiger partial charge in [-0.2, -0.15) is 0 Å². The number of ether oxygens (including phenoxy) is 1. The number of rotatable bonds is 4. The summed E-state index contributed by atoms with van der Waals surface area (Å²) in [4.78, 5) is 11.8. The van der Waals surface area contributed by atoms with E-state index < -0.39 is 0 Å². The first-order valence-corrected chi connectivity index (χ1v) is 7.29. The molecule has 4 rings (SSSR count). The van der Waals surface area contributed by atoms with E-state index in [0.717, 1.165) is 28.0 Å². The van der Waals surface area contributed by atoms with E-state index in [1.807, 2.05) is 37.3 Å². The number of aromatic amines is 1. The molecule has 0 bridgehead atoms. The highest BCUT2D eigenvalue weighted by atomic mass is 16.5. The lowest BCUT2D eigenvalue weighted by atomic mass is 10.2. The molecule has 0 aliphatic carbocycles. The van der Waals surface area contributed by atoms with Crippen molar-refractivity contribution in [1.29, 1.82) is 0 Å². The van der Waals surface area contributed by atoms with Crippen molar-refractivity contribution in [2.75, 3.05) is 12.4 Å². The lowest BCUT2D eigenvalue weighted by Crippen LogP contribution is -1.92. The Morgan fingerprint density at radius 2 is 1.96 bits per heavy atom. The van der Waals surface area contributed by atoms with Gasteiger partial charge >= 0.3 is 6.01 Å². The second-order valence-electron chi connectivity index (χ2n) is 5.14. The van der Waals surface area contributed by atoms with E-state index in [2.05, 4.69) is 30.5 Å². The summed E-state index contributed by atoms with van der Waals surface area (Å²) >= 11 is 0. The second-order valence-corrected chi connectivity index (χ2v) is 5.14. The SMILES string of the molecule is COc1ccc(-c2nnc(Nc3nc4c(C)nccc4[nH]3)o2)cc1. The molecule has 0 radical (unpaired) electrons. The van der Waals surface area contributed by atoms with Gasteiger partial charge in [-0.15, -0.1) is 5.10 Å². The molecule has 0 spiro atoms. The maximum Gasteiger partial charge on any atom is 0.322 e. The summed E-state index contributed by atoms with van der Waals surface area (Å²) in [6, 6.07) is 9.49. The number of fused-ring (bicyclic) bond motifs is 1. The van der Waals surface area contributed by atoms with E-state index in [9.17, 15) is 0 Å². The number of benzene rings is 1. The summed E-state index contributed by atoms with van der Waals surface area (Å²) in [6.45, 7) is 1.90. The van der Waals surface area contributed by atoms with Gasteiger partial charge < -0.3 is 14.1 Å². The number of hydrogen-bond donors (Lipinski definition) is 2. The van der Waals surface area contributed by atoms with Crippen LogP contribution in [0.25, 0.3) is 22.5 Å². The fraction of sp³-hybridized carbons (Fsp3) is 0.125. The van der Waals surface area contributed by atoms with Gasteiger partial charge in [0.05, 0.1) is 18.3 Å². The molecule has 0 saturated heterocycles. The van der Waals surface area contributed by atoms with Gasteiger partial charge in [-0.05, 0) is 37.3 Å². The molecule has 3 aromatic heterocycles. The quantitative estimate of drug-likeness (QED) is 0.595. The van der Waals surface area contributed by atoms with Crippen molar-refractivity contribution in [1.82, 2.24) is 25.1 Å². The van der Waals surface area contributed by atoms with Crippen molar-refractivity contribution in [3.63, 3.8) is 0 Å². The lowest BCUT2D eigenvalue weighted by molar-refractivity contribution is 0.415. The van der Waals surface area contributed by atoms with E-state index in [1.54, 1.807) is 13.3 Å². The van der Waals surface area contributed by atoms with Gasteiger partial charge in [0.2, 0.25) is 11.8 Å². The maximum atomic E-state index is 5.62. The Kier molecular flexibility index (Phi) is 3.34. The number of aryl methyl sites for hydroxylation is 1. The Hall–Kier alpha value is -3.42. The number of imidazole rings is 1. The first-order chi connectivity index (χ1) is 11.7. The minimum absolute atomic E-state index is 0.255. The zero-order chi connectivity index (χ0) is 16.5. The number of anilines is 2. The van der Waals surface area contributed by atoms with E-state index in [1.165, 1.54) is 0 Å². The molecule has 8 heteroatoms. The van der Waals surface area contributed by atoms with Gasteiger partial charge in [-0.25, -0.2) is 4.98 Å². The van der Waals surface area contributed by atoms with Crippen molar-refractivity contribution in [2.24, 2.45) is 0 Å². The third-order valence-corrected chi connectivity index (χ3v) is 3.57. The predicted molar refractivity (Wildman–Crippen MR) is 88.2 cm³/mol. The van der Waals surface area contributed by atoms with Crippen molar-refractivity contribution >= 4 is 23.0 Å². The standard InChI is InChI=1S/C16H14N6O2/c1-9-13-12(7-8-17-9)18-15(19-13)20-16-22-21-14(24-16)10-3-5-11(23-2)6-4-10/h3-8H,1-2H3,(H2,18,19,20,22). The molecule has 120 valence electrons. The minimum Gasteiger partial charge on any atom is -0.497 e. The molecular formula is C16H14N6O2. The average Bonchev–Trinajstić information content (AvgIpc) is 3.23. The fourth-order valence-corrected chi connectivity index (χ4v) is 2.35. The van der Waals surface area contributed by atoms with Crippen molar-refractivity contribution in [2.45, 2.75) is 6.92 Å². The Morgan fingerprint density at radius 1 is 1.12 bits per heavy atom. The van der Waals surface area contributed by atoms with Crippen LogP contribution in [-0.4, -0.2) is 32.3 Å². The minimum atomic E-state index is 0.255. The topological polar surface area (TPSA) is 102 Å². The molecule has 24 heavy (non-hydrogen) atoms. The number of nitrogens with zero attached hydrogens (tertiary/aromatic N) is 4. The molecule has 0 fully saturated rings. The molecule has 2 N–H and O–H groups in total. The van der Waals surface area contributed by atoms with Gasteiger partial charge in [-0.1, -0.05) is 5.10 Å². The van der Waals surface area contributed by atoms with Gasteiger partial charge in [0, 0.05) is 11.8 Å². The second kappa shape index (κ2) is 5.65. The van der Waals surface area contributed by atoms with Crippen LogP contribution in [0.1, 0.15) is 5.69 Å². The van der Waals surface area contributed by atoms with E-state index in [-0.39, 0.29) is 6.01 Å². The molecule has 0 aliphatic rings. The normalized spacial score (nSPS) is 10.9. The number of hydrogen-bond acceptors (Lipinski definition) is 7. The van der Waals surface area contributed by atoms with Crippen LogP contribution < -0.4 is 10.1 Å². The van der Waals surface area contributed by atoms with Crippen LogP contribution in [0.3, 0.4) is 0 Å². The van der Waals surface area contributed by atoms with Crippen LogP contribution in [0.15, 0.2) is 40.9 Å². The van der Waals surface area contributed by atoms with Crippen LogP contribution in [0, 0.1) is 6.92 Å². The van der Waals surface area contributed by atoms with Crippen molar-refractivity contribution in [3.05, 3.63) is 42.2 Å². The summed E-state index contributed by atoms with van der Waals surface area (Å²) in [5.74, 6) is 1.70. The van der Waals surface area contributed by atoms with Crippen LogP contribution in [0.2, 0.25) is 0 Å². The monoisotopic (exact) mass is 322 g/mol. The van der Waals surface area contributed by atoms with Crippen molar-refractivity contribution in [3.8, 4) is 17.2 Å². The maximum absolute atomic E-state index is 5.62. The van der Waals surface area contributed by atoms with Gasteiger partial charge in [-0.3, -0.25) is 10.3 Å². The van der Waals surface area contributed by atoms with Gasteiger partial charge in [0.15, 0.2) is 0 Å². The average molecular weight is 322 g/mol. The van der Waals surface area contributed by atoms with Crippen LogP contribution in [0.5, 0.6) is 5.75 Å². The summed E-state index contributed by atoms with van der Waals surface area (Å²) in [7, 11) is 1.62. The predicted octanol–water partition coefficient (Wildman–Crippen LogP) is 3.07. The van der Waals surface area contributed by atoms with Crippen LogP contribution in [-0.2, 0) is 0 Å². The first kappa shape index (κ1) is 14.2. The highest BCUT2D eigenvalue weighted by Crippen LogP contribution is 2.24. The highest BCUT2D eigenvalue weighted by molar-refractivity contribution is 5.79. The number of pyridine rings is 1. The molecule has 1 aromatic carbocycles. The Morgan fingerprint density at radius 3 is 2.71 bits per heavy atom. The third kappa shape index (κ3) is 2.54. The number of aromatic nitrogens is 5. The fourth-order valence-electron chi connectivity index (χ4n) is 2.35. The summed E-state index contributed by atoms with van der Waals surface area (Å²) < 4.78 is 10.8. The molecule has 3 heterocycles. The Balaban J connectivity index is 1.58. The van der Waals surface area contributed by atoms with E-state index in [0.29, 0.717) is 11.8 Å². The molecular weight excluding hydrogens is 308 g/mol. The third-order valence-electron chi connectivity index (χ3n) is 3.57. The molecule has 4 aromatic rings. The smallest absolute Gasteiger partial charge is 0.322 e. The van der Waals surface area contributed by atoms with Gasteiger partial charge in [0.25, 0.3) is 0 Å². The lowest BCUT2D eigenvalue weighted by Gasteiger charge is -1.99. The van der Waals surface area contributed by atoms with E-state index in [4.69, 9.17) is 9.15 Å². The van der Waals surface area contributed by atoms with E-state index >= 15 is 0 Å². The molecule has 0 aliphatic heterocycles. The molecule has 0 saturated carbocycles. The largest absolute Gasteiger partial charge is 0.497 e. The Labute approximate surface area is 136 Å². The number of H-pyrrole nitrogens is 1. The van der Waals surface area contributed by atoms with Gasteiger partial charge in [0.1, 0.15) is 11.3 Å². The molecule has 0 unspecified atom stereocenters. The van der Waals surface area contributed by atoms with Crippen molar-refractivity contribution < 1.29 is 9.15 Å². The molecule has 8 nitrogen and oxygen atoms in total. The summed E-state index contributed by atoms with van der Waals surface area (Å²) in [5, 5.41) is 11.0. The zero-order valence-corrected chi connectivity index (χ0v) is 13.1. The molecule has 0 atom stereocenters. The zero-order valence-electron chi connectivity index (χ0n) is 13.1. The summed E-state index contributed by atoms with van der Waals surface area (Å²) in [5.41, 5.74) is 3.34. The number of methoxy groups -OCH3 is 1. The van der Waals surface area contributed by atoms with Crippen LogP contribution in [0.4, 0.5) is 12.0 Å². The molecule has 0 amide bonds.